The van der Waals surface area contributed by atoms with Crippen molar-refractivity contribution in [2.45, 2.75) is 38.2 Å². The molecule has 0 fully saturated rings. The number of carbonyl (C=O) groups excluding carboxylic acids is 2. The minimum Gasteiger partial charge on any atom is -0.443 e. The van der Waals surface area contributed by atoms with E-state index in [0.717, 1.165) is 4.31 Å². The molecule has 27 heavy (non-hydrogen) atoms. The molecule has 1 amide bonds. The number of ether oxygens (including phenoxy) is 1. The number of benzene rings is 1. The summed E-state index contributed by atoms with van der Waals surface area (Å²) in [6.45, 7) is 6.65. The number of likely N-dealkylation sites (N-methyl/N-ethyl adjacent to an activating group) is 2. The molecule has 9 heteroatoms. The van der Waals surface area contributed by atoms with Crippen molar-refractivity contribution in [1.29, 1.82) is 0 Å². The maximum absolute atomic E-state index is 13.2. The average Bonchev–Trinajstić information content (AvgIpc) is 3.01. The molecule has 0 saturated carbocycles. The van der Waals surface area contributed by atoms with E-state index >= 15 is 0 Å². The molecule has 0 bridgehead atoms. The highest BCUT2D eigenvalue weighted by Gasteiger charge is 2.29. The zero-order valence-electron chi connectivity index (χ0n) is 16.1. The van der Waals surface area contributed by atoms with Crippen LogP contribution in [-0.2, 0) is 19.6 Å². The van der Waals surface area contributed by atoms with Crippen LogP contribution in [0.4, 0.5) is 4.79 Å². The van der Waals surface area contributed by atoms with Crippen molar-refractivity contribution in [1.82, 2.24) is 14.2 Å². The van der Waals surface area contributed by atoms with Crippen molar-refractivity contribution in [3.05, 3.63) is 30.5 Å². The van der Waals surface area contributed by atoms with Gasteiger partial charge in [-0.2, -0.15) is 4.31 Å². The van der Waals surface area contributed by atoms with Crippen molar-refractivity contribution in [3.8, 4) is 0 Å². The third-order valence-electron chi connectivity index (χ3n) is 3.83. The van der Waals surface area contributed by atoms with Gasteiger partial charge in [0.2, 0.25) is 15.9 Å². The topological polar surface area (TPSA) is 97.7 Å². The number of carbonyl (C=O) groups is 2. The Morgan fingerprint density at radius 3 is 2.44 bits per heavy atom. The van der Waals surface area contributed by atoms with Crippen molar-refractivity contribution < 1.29 is 22.7 Å². The van der Waals surface area contributed by atoms with Gasteiger partial charge in [-0.3, -0.25) is 9.36 Å². The van der Waals surface area contributed by atoms with E-state index in [2.05, 4.69) is 5.32 Å². The summed E-state index contributed by atoms with van der Waals surface area (Å²) in [5, 5.41) is 3.00. The Kier molecular flexibility index (Phi) is 5.96. The molecule has 148 valence electrons. The van der Waals surface area contributed by atoms with Crippen LogP contribution in [0, 0.1) is 0 Å². The van der Waals surface area contributed by atoms with Gasteiger partial charge in [-0.25, -0.2) is 13.2 Å². The maximum atomic E-state index is 13.2. The second-order valence-corrected chi connectivity index (χ2v) is 8.87. The lowest BCUT2D eigenvalue weighted by atomic mass is 10.2. The van der Waals surface area contributed by atoms with E-state index in [4.69, 9.17) is 4.74 Å². The molecule has 2 rings (SSSR count). The number of hydrogen-bond donors (Lipinski definition) is 1. The Balaban J connectivity index is 2.60. The minimum atomic E-state index is -4.01. The molecule has 0 aliphatic carbocycles. The van der Waals surface area contributed by atoms with Gasteiger partial charge in [0.25, 0.3) is 0 Å². The monoisotopic (exact) mass is 395 g/mol. The van der Waals surface area contributed by atoms with Gasteiger partial charge in [0.15, 0.2) is 0 Å². The fraction of sp³-hybridized carbons (Fsp3) is 0.444. The molecule has 1 heterocycles. The molecule has 0 aliphatic heterocycles. The van der Waals surface area contributed by atoms with Gasteiger partial charge in [0.1, 0.15) is 10.5 Å². The van der Waals surface area contributed by atoms with Crippen LogP contribution >= 0.6 is 0 Å². The third-order valence-corrected chi connectivity index (χ3v) is 5.79. The van der Waals surface area contributed by atoms with Crippen LogP contribution in [0.1, 0.15) is 27.7 Å². The molecule has 1 N–H and O–H groups in total. The molecule has 0 atom stereocenters. The van der Waals surface area contributed by atoms with E-state index < -0.39 is 27.6 Å². The first-order valence-electron chi connectivity index (χ1n) is 8.55. The molecule has 0 radical (unpaired) electrons. The van der Waals surface area contributed by atoms with Crippen LogP contribution in [0.15, 0.2) is 35.4 Å². The molecular formula is C18H25N3O5S. The number of nitrogens with one attached hydrogen (secondary N) is 1. The van der Waals surface area contributed by atoms with Crippen LogP contribution in [0.25, 0.3) is 10.9 Å². The number of rotatable bonds is 5. The van der Waals surface area contributed by atoms with Gasteiger partial charge >= 0.3 is 6.09 Å². The minimum absolute atomic E-state index is 0.0541. The van der Waals surface area contributed by atoms with Crippen LogP contribution in [0.3, 0.4) is 0 Å². The highest BCUT2D eigenvalue weighted by Crippen LogP contribution is 2.27. The first-order valence-corrected chi connectivity index (χ1v) is 9.99. The van der Waals surface area contributed by atoms with Gasteiger partial charge in [-0.15, -0.1) is 0 Å². The fourth-order valence-electron chi connectivity index (χ4n) is 2.58. The SMILES string of the molecule is CCN(CC(=O)NC)S(=O)(=O)c1cccc2ccn(C(=O)OC(C)(C)C)c12. The molecule has 1 aromatic carbocycles. The predicted octanol–water partition coefficient (Wildman–Crippen LogP) is 2.18. The molecular weight excluding hydrogens is 370 g/mol. The summed E-state index contributed by atoms with van der Waals surface area (Å²) in [4.78, 5) is 24.2. The summed E-state index contributed by atoms with van der Waals surface area (Å²) >= 11 is 0. The lowest BCUT2D eigenvalue weighted by Gasteiger charge is -2.22. The Bertz CT molecular complexity index is 957. The van der Waals surface area contributed by atoms with Gasteiger partial charge in [0, 0.05) is 25.2 Å². The fourth-order valence-corrected chi connectivity index (χ4v) is 4.19. The number of nitrogens with zero attached hydrogens (tertiary/aromatic N) is 2. The number of para-hydroxylation sites is 1. The van der Waals surface area contributed by atoms with Crippen molar-refractivity contribution >= 4 is 32.9 Å². The highest BCUT2D eigenvalue weighted by atomic mass is 32.2. The van der Waals surface area contributed by atoms with Crippen LogP contribution < -0.4 is 5.32 Å². The second-order valence-electron chi connectivity index (χ2n) is 6.96. The van der Waals surface area contributed by atoms with E-state index in [-0.39, 0.29) is 23.5 Å². The molecule has 0 saturated heterocycles. The van der Waals surface area contributed by atoms with Crippen molar-refractivity contribution in [2.75, 3.05) is 20.1 Å². The molecule has 1 aromatic heterocycles. The smallest absolute Gasteiger partial charge is 0.419 e. The number of hydrogen-bond acceptors (Lipinski definition) is 5. The van der Waals surface area contributed by atoms with E-state index in [0.29, 0.717) is 5.39 Å². The molecule has 0 spiro atoms. The Morgan fingerprint density at radius 2 is 1.89 bits per heavy atom. The molecule has 2 aromatic rings. The number of aromatic nitrogens is 1. The molecule has 8 nitrogen and oxygen atoms in total. The summed E-state index contributed by atoms with van der Waals surface area (Å²) in [6, 6.07) is 6.38. The Labute approximate surface area is 159 Å². The summed E-state index contributed by atoms with van der Waals surface area (Å²) in [5.74, 6) is -0.421. The third kappa shape index (κ3) is 4.48. The first kappa shape index (κ1) is 20.9. The van der Waals surface area contributed by atoms with Gasteiger partial charge in [0.05, 0.1) is 12.1 Å². The Morgan fingerprint density at radius 1 is 1.22 bits per heavy atom. The van der Waals surface area contributed by atoms with Crippen molar-refractivity contribution in [2.24, 2.45) is 0 Å². The van der Waals surface area contributed by atoms with Crippen LogP contribution in [0.5, 0.6) is 0 Å². The summed E-state index contributed by atoms with van der Waals surface area (Å²) in [5.41, 5.74) is -0.502. The van der Waals surface area contributed by atoms with Crippen molar-refractivity contribution in [3.63, 3.8) is 0 Å². The number of sulfonamides is 1. The Hall–Kier alpha value is -2.39. The van der Waals surface area contributed by atoms with Gasteiger partial charge < -0.3 is 10.1 Å². The standard InChI is InChI=1S/C18H25N3O5S/c1-6-20(12-15(22)19-5)27(24,25)14-9-7-8-13-10-11-21(16(13)14)17(23)26-18(2,3)4/h7-11H,6,12H2,1-5H3,(H,19,22). The average molecular weight is 395 g/mol. The van der Waals surface area contributed by atoms with Gasteiger partial charge in [-0.1, -0.05) is 19.1 Å². The van der Waals surface area contributed by atoms with E-state index in [1.54, 1.807) is 45.9 Å². The highest BCUT2D eigenvalue weighted by molar-refractivity contribution is 7.89. The molecule has 0 unspecified atom stereocenters. The largest absolute Gasteiger partial charge is 0.443 e. The lowest BCUT2D eigenvalue weighted by molar-refractivity contribution is -0.120. The lowest BCUT2D eigenvalue weighted by Crippen LogP contribution is -2.39. The predicted molar refractivity (Wildman–Crippen MR) is 102 cm³/mol. The van der Waals surface area contributed by atoms with Gasteiger partial charge in [-0.05, 0) is 32.9 Å². The quantitative estimate of drug-likeness (QED) is 0.837. The molecule has 0 aliphatic rings. The van der Waals surface area contributed by atoms with Crippen LogP contribution in [-0.4, -0.2) is 55.0 Å². The normalized spacial score (nSPS) is 12.4. The first-order chi connectivity index (χ1) is 12.5. The summed E-state index contributed by atoms with van der Waals surface area (Å²) in [7, 11) is -2.57. The summed E-state index contributed by atoms with van der Waals surface area (Å²) < 4.78 is 34.0. The zero-order chi connectivity index (χ0) is 20.4. The summed E-state index contributed by atoms with van der Waals surface area (Å²) in [6.07, 6.45) is 0.807. The maximum Gasteiger partial charge on any atom is 0.419 e. The number of amides is 1. The van der Waals surface area contributed by atoms with E-state index in [1.165, 1.54) is 23.9 Å². The van der Waals surface area contributed by atoms with Crippen LogP contribution in [0.2, 0.25) is 0 Å². The second kappa shape index (κ2) is 7.69. The van der Waals surface area contributed by atoms with E-state index in [1.807, 2.05) is 0 Å². The zero-order valence-corrected chi connectivity index (χ0v) is 17.0. The van der Waals surface area contributed by atoms with E-state index in [9.17, 15) is 18.0 Å². The number of fused-ring (bicyclic) bond motifs is 1.